The molecule has 1 N–H and O–H groups in total. The molecule has 0 aliphatic carbocycles. The molecule has 0 aliphatic heterocycles. The molecule has 4 aromatic rings. The lowest BCUT2D eigenvalue weighted by molar-refractivity contribution is -0.122. The standard InChI is InChI=1S/C20H21N5O3S/c1-11-9-16-18(19(27)25-20(22-16)29-13(3)23-25)24(11)10-17(26)21-12(2)14-5-7-15(28-4)8-6-14/h5-9,12H,10H2,1-4H3,(H,21,26). The predicted molar refractivity (Wildman–Crippen MR) is 112 cm³/mol. The maximum atomic E-state index is 12.9. The van der Waals surface area contributed by atoms with Gasteiger partial charge in [0.25, 0.3) is 5.56 Å². The summed E-state index contributed by atoms with van der Waals surface area (Å²) in [7, 11) is 1.61. The average molecular weight is 411 g/mol. The summed E-state index contributed by atoms with van der Waals surface area (Å²) in [4.78, 5) is 30.7. The summed E-state index contributed by atoms with van der Waals surface area (Å²) in [6.45, 7) is 5.63. The number of hydrogen-bond acceptors (Lipinski definition) is 6. The van der Waals surface area contributed by atoms with E-state index in [1.54, 1.807) is 11.7 Å². The third-order valence-electron chi connectivity index (χ3n) is 4.85. The van der Waals surface area contributed by atoms with Gasteiger partial charge in [-0.25, -0.2) is 4.98 Å². The van der Waals surface area contributed by atoms with Crippen LogP contribution in [0.2, 0.25) is 0 Å². The molecule has 0 aliphatic rings. The second-order valence-corrected chi connectivity index (χ2v) is 8.06. The van der Waals surface area contributed by atoms with E-state index in [4.69, 9.17) is 4.74 Å². The van der Waals surface area contributed by atoms with Gasteiger partial charge >= 0.3 is 0 Å². The first kappa shape index (κ1) is 19.1. The van der Waals surface area contributed by atoms with Crippen molar-refractivity contribution in [2.24, 2.45) is 0 Å². The van der Waals surface area contributed by atoms with Crippen LogP contribution in [0.4, 0.5) is 0 Å². The number of rotatable bonds is 5. The smallest absolute Gasteiger partial charge is 0.299 e. The van der Waals surface area contributed by atoms with E-state index >= 15 is 0 Å². The van der Waals surface area contributed by atoms with Crippen LogP contribution in [0.3, 0.4) is 0 Å². The highest BCUT2D eigenvalue weighted by molar-refractivity contribution is 7.16. The number of nitrogens with one attached hydrogen (secondary N) is 1. The first-order valence-electron chi connectivity index (χ1n) is 9.17. The largest absolute Gasteiger partial charge is 0.497 e. The maximum Gasteiger partial charge on any atom is 0.299 e. The molecule has 1 amide bonds. The quantitative estimate of drug-likeness (QED) is 0.545. The number of ether oxygens (including phenoxy) is 1. The van der Waals surface area contributed by atoms with Crippen LogP contribution in [0.5, 0.6) is 5.75 Å². The summed E-state index contributed by atoms with van der Waals surface area (Å²) in [5.74, 6) is 0.575. The van der Waals surface area contributed by atoms with Crippen LogP contribution in [-0.2, 0) is 11.3 Å². The molecular weight excluding hydrogens is 390 g/mol. The molecule has 1 unspecified atom stereocenters. The fraction of sp³-hybridized carbons (Fsp3) is 0.300. The van der Waals surface area contributed by atoms with Crippen LogP contribution in [0.1, 0.15) is 29.2 Å². The summed E-state index contributed by atoms with van der Waals surface area (Å²) < 4.78 is 8.16. The Bertz CT molecular complexity index is 1270. The Labute approximate surface area is 170 Å². The molecule has 0 radical (unpaired) electrons. The van der Waals surface area contributed by atoms with Crippen molar-refractivity contribution in [2.45, 2.75) is 33.4 Å². The molecule has 1 aromatic carbocycles. The normalized spacial score (nSPS) is 12.4. The fourth-order valence-corrected chi connectivity index (χ4v) is 4.11. The van der Waals surface area contributed by atoms with Crippen molar-refractivity contribution < 1.29 is 9.53 Å². The van der Waals surface area contributed by atoms with E-state index in [0.29, 0.717) is 16.0 Å². The van der Waals surface area contributed by atoms with Crippen molar-refractivity contribution in [3.05, 3.63) is 57.0 Å². The zero-order valence-corrected chi connectivity index (χ0v) is 17.4. The van der Waals surface area contributed by atoms with E-state index in [1.807, 2.05) is 51.1 Å². The average Bonchev–Trinajstić information content (AvgIpc) is 3.21. The molecule has 29 heavy (non-hydrogen) atoms. The fourth-order valence-electron chi connectivity index (χ4n) is 3.36. The van der Waals surface area contributed by atoms with Gasteiger partial charge in [0.2, 0.25) is 10.9 Å². The maximum absolute atomic E-state index is 12.9. The van der Waals surface area contributed by atoms with Gasteiger partial charge < -0.3 is 14.6 Å². The second-order valence-electron chi connectivity index (χ2n) is 6.90. The SMILES string of the molecule is COc1ccc(C(C)NC(=O)Cn2c(C)cc3nc4sc(C)nn4c(=O)c32)cc1. The third kappa shape index (κ3) is 3.49. The Morgan fingerprint density at radius 3 is 2.69 bits per heavy atom. The lowest BCUT2D eigenvalue weighted by Gasteiger charge is -2.16. The van der Waals surface area contributed by atoms with Gasteiger partial charge in [-0.15, -0.1) is 0 Å². The van der Waals surface area contributed by atoms with Crippen molar-refractivity contribution in [2.75, 3.05) is 7.11 Å². The Kier molecular flexibility index (Phi) is 4.83. The van der Waals surface area contributed by atoms with E-state index in [1.165, 1.54) is 15.9 Å². The minimum Gasteiger partial charge on any atom is -0.497 e. The first-order chi connectivity index (χ1) is 13.9. The van der Waals surface area contributed by atoms with Gasteiger partial charge in [0.1, 0.15) is 22.8 Å². The summed E-state index contributed by atoms with van der Waals surface area (Å²) >= 11 is 1.36. The van der Waals surface area contributed by atoms with Crippen molar-refractivity contribution in [1.82, 2.24) is 24.5 Å². The van der Waals surface area contributed by atoms with Crippen molar-refractivity contribution in [1.29, 1.82) is 0 Å². The molecule has 0 bridgehead atoms. The number of benzene rings is 1. The minimum absolute atomic E-state index is 0.0297. The van der Waals surface area contributed by atoms with Crippen LogP contribution in [0.15, 0.2) is 35.1 Å². The number of carbonyl (C=O) groups excluding carboxylic acids is 1. The van der Waals surface area contributed by atoms with E-state index in [-0.39, 0.29) is 24.1 Å². The number of hydrogen-bond donors (Lipinski definition) is 1. The molecule has 4 rings (SSSR count). The Balaban J connectivity index is 1.61. The van der Waals surface area contributed by atoms with Crippen molar-refractivity contribution >= 4 is 33.2 Å². The van der Waals surface area contributed by atoms with Gasteiger partial charge in [-0.1, -0.05) is 23.5 Å². The van der Waals surface area contributed by atoms with E-state index in [0.717, 1.165) is 22.0 Å². The van der Waals surface area contributed by atoms with E-state index in [2.05, 4.69) is 15.4 Å². The molecule has 3 heterocycles. The van der Waals surface area contributed by atoms with Gasteiger partial charge in [-0.2, -0.15) is 9.61 Å². The monoisotopic (exact) mass is 411 g/mol. The number of amides is 1. The molecule has 0 spiro atoms. The van der Waals surface area contributed by atoms with Gasteiger partial charge in [0.05, 0.1) is 18.7 Å². The van der Waals surface area contributed by atoms with Crippen molar-refractivity contribution in [3.63, 3.8) is 0 Å². The third-order valence-corrected chi connectivity index (χ3v) is 5.67. The molecule has 8 nitrogen and oxygen atoms in total. The summed E-state index contributed by atoms with van der Waals surface area (Å²) in [5.41, 5.74) is 2.46. The highest BCUT2D eigenvalue weighted by Crippen LogP contribution is 2.20. The topological polar surface area (TPSA) is 90.5 Å². The number of aromatic nitrogens is 4. The Morgan fingerprint density at radius 2 is 2.00 bits per heavy atom. The molecular formula is C20H21N5O3S. The predicted octanol–water partition coefficient (Wildman–Crippen LogP) is 2.61. The highest BCUT2D eigenvalue weighted by atomic mass is 32.1. The summed E-state index contributed by atoms with van der Waals surface area (Å²) in [6, 6.07) is 9.19. The lowest BCUT2D eigenvalue weighted by Crippen LogP contribution is -2.31. The highest BCUT2D eigenvalue weighted by Gasteiger charge is 2.18. The van der Waals surface area contributed by atoms with Crippen molar-refractivity contribution in [3.8, 4) is 5.75 Å². The van der Waals surface area contributed by atoms with Gasteiger partial charge in [-0.05, 0) is 44.5 Å². The van der Waals surface area contributed by atoms with Crippen LogP contribution >= 0.6 is 11.3 Å². The number of nitrogens with zero attached hydrogens (tertiary/aromatic N) is 4. The Morgan fingerprint density at radius 1 is 1.28 bits per heavy atom. The summed E-state index contributed by atoms with van der Waals surface area (Å²) in [6.07, 6.45) is 0. The second kappa shape index (κ2) is 7.32. The first-order valence-corrected chi connectivity index (χ1v) is 9.98. The Hall–Kier alpha value is -3.20. The van der Waals surface area contributed by atoms with E-state index in [9.17, 15) is 9.59 Å². The lowest BCUT2D eigenvalue weighted by atomic mass is 10.1. The number of methoxy groups -OCH3 is 1. The molecule has 3 aromatic heterocycles. The van der Waals surface area contributed by atoms with Gasteiger partial charge in [0, 0.05) is 5.69 Å². The molecule has 1 atom stereocenters. The van der Waals surface area contributed by atoms with E-state index < -0.39 is 0 Å². The van der Waals surface area contributed by atoms with Crippen LogP contribution in [0, 0.1) is 13.8 Å². The molecule has 150 valence electrons. The number of carbonyl (C=O) groups is 1. The zero-order chi connectivity index (χ0) is 20.7. The zero-order valence-electron chi connectivity index (χ0n) is 16.6. The van der Waals surface area contributed by atoms with Gasteiger partial charge in [0.15, 0.2) is 0 Å². The van der Waals surface area contributed by atoms with Crippen LogP contribution in [-0.4, -0.2) is 32.2 Å². The number of fused-ring (bicyclic) bond motifs is 2. The summed E-state index contributed by atoms with van der Waals surface area (Å²) in [5, 5.41) is 7.97. The molecule has 0 saturated heterocycles. The van der Waals surface area contributed by atoms with Crippen LogP contribution < -0.4 is 15.6 Å². The molecule has 0 saturated carbocycles. The van der Waals surface area contributed by atoms with Crippen LogP contribution in [0.25, 0.3) is 16.0 Å². The van der Waals surface area contributed by atoms with Gasteiger partial charge in [-0.3, -0.25) is 9.59 Å². The minimum atomic E-state index is -0.265. The molecule has 0 fully saturated rings. The molecule has 9 heteroatoms. The number of aryl methyl sites for hydroxylation is 2.